The van der Waals surface area contributed by atoms with Crippen molar-refractivity contribution in [1.29, 1.82) is 0 Å². The van der Waals surface area contributed by atoms with Crippen molar-refractivity contribution in [2.75, 3.05) is 13.1 Å². The topological polar surface area (TPSA) is 29.3 Å². The molecule has 2 heteroatoms. The molecule has 106 valence electrons. The molecule has 1 heterocycles. The van der Waals surface area contributed by atoms with E-state index in [2.05, 4.69) is 56.9 Å². The summed E-state index contributed by atoms with van der Waals surface area (Å²) >= 11 is 0. The molecular weight excluding hydrogens is 232 g/mol. The molecule has 2 N–H and O–H groups in total. The Kier molecular flexibility index (Phi) is 4.32. The summed E-state index contributed by atoms with van der Waals surface area (Å²) in [5, 5.41) is 0. The van der Waals surface area contributed by atoms with E-state index in [-0.39, 0.29) is 5.54 Å². The van der Waals surface area contributed by atoms with Crippen LogP contribution >= 0.6 is 0 Å². The molecule has 0 amide bonds. The molecule has 1 aromatic carbocycles. The molecule has 1 atom stereocenters. The van der Waals surface area contributed by atoms with Gasteiger partial charge in [0, 0.05) is 18.1 Å². The van der Waals surface area contributed by atoms with E-state index in [1.807, 2.05) is 0 Å². The van der Waals surface area contributed by atoms with Gasteiger partial charge in [-0.3, -0.25) is 4.90 Å². The summed E-state index contributed by atoms with van der Waals surface area (Å²) in [5.41, 5.74) is 9.11. The fourth-order valence-electron chi connectivity index (χ4n) is 3.25. The van der Waals surface area contributed by atoms with Crippen LogP contribution in [0.3, 0.4) is 0 Å². The van der Waals surface area contributed by atoms with Gasteiger partial charge in [0.2, 0.25) is 0 Å². The molecule has 2 rings (SSSR count). The smallest absolute Gasteiger partial charge is 0.0475 e. The molecule has 0 aromatic heterocycles. The highest BCUT2D eigenvalue weighted by molar-refractivity contribution is 5.27. The van der Waals surface area contributed by atoms with Crippen LogP contribution in [0, 0.1) is 0 Å². The van der Waals surface area contributed by atoms with Crippen molar-refractivity contribution in [3.05, 3.63) is 35.4 Å². The van der Waals surface area contributed by atoms with Gasteiger partial charge in [0.25, 0.3) is 0 Å². The van der Waals surface area contributed by atoms with Crippen LogP contribution in [-0.2, 0) is 0 Å². The molecule has 0 spiro atoms. The van der Waals surface area contributed by atoms with Crippen molar-refractivity contribution in [3.63, 3.8) is 0 Å². The Hall–Kier alpha value is -0.860. The fraction of sp³-hybridized carbons (Fsp3) is 0.647. The third kappa shape index (κ3) is 3.01. The van der Waals surface area contributed by atoms with E-state index in [4.69, 9.17) is 5.73 Å². The van der Waals surface area contributed by atoms with Gasteiger partial charge in [0.15, 0.2) is 0 Å². The Morgan fingerprint density at radius 2 is 1.74 bits per heavy atom. The van der Waals surface area contributed by atoms with Gasteiger partial charge in [-0.15, -0.1) is 0 Å². The first-order valence-corrected chi connectivity index (χ1v) is 7.52. The van der Waals surface area contributed by atoms with Crippen LogP contribution in [0.2, 0.25) is 0 Å². The fourth-order valence-corrected chi connectivity index (χ4v) is 3.25. The number of nitrogens with two attached hydrogens (primary N) is 1. The maximum atomic E-state index is 6.06. The molecule has 0 aliphatic carbocycles. The van der Waals surface area contributed by atoms with Crippen LogP contribution in [0.1, 0.15) is 63.6 Å². The molecule has 1 aliphatic rings. The molecule has 1 aromatic rings. The molecule has 2 nitrogen and oxygen atoms in total. The SMILES string of the molecule is CC(C)c1ccc(C(CN)N2CCCC2(C)C)cc1. The van der Waals surface area contributed by atoms with E-state index in [0.717, 1.165) is 0 Å². The highest BCUT2D eigenvalue weighted by atomic mass is 15.2. The maximum Gasteiger partial charge on any atom is 0.0475 e. The summed E-state index contributed by atoms with van der Waals surface area (Å²) in [4.78, 5) is 2.58. The van der Waals surface area contributed by atoms with E-state index in [1.54, 1.807) is 0 Å². The van der Waals surface area contributed by atoms with E-state index >= 15 is 0 Å². The zero-order chi connectivity index (χ0) is 14.0. The molecule has 1 aliphatic heterocycles. The Morgan fingerprint density at radius 1 is 1.16 bits per heavy atom. The molecule has 1 saturated heterocycles. The summed E-state index contributed by atoms with van der Waals surface area (Å²) in [6, 6.07) is 9.40. The normalized spacial score (nSPS) is 20.9. The molecule has 1 unspecified atom stereocenters. The first-order chi connectivity index (χ1) is 8.95. The van der Waals surface area contributed by atoms with Gasteiger partial charge in [-0.25, -0.2) is 0 Å². The van der Waals surface area contributed by atoms with Gasteiger partial charge < -0.3 is 5.73 Å². The van der Waals surface area contributed by atoms with Crippen molar-refractivity contribution in [1.82, 2.24) is 4.90 Å². The van der Waals surface area contributed by atoms with E-state index in [9.17, 15) is 0 Å². The Balaban J connectivity index is 2.22. The number of likely N-dealkylation sites (tertiary alicyclic amines) is 1. The van der Waals surface area contributed by atoms with Gasteiger partial charge in [0.1, 0.15) is 0 Å². The first kappa shape index (κ1) is 14.5. The molecule has 0 radical (unpaired) electrons. The van der Waals surface area contributed by atoms with E-state index in [0.29, 0.717) is 18.5 Å². The molecule has 0 bridgehead atoms. The number of nitrogens with zero attached hydrogens (tertiary/aromatic N) is 1. The van der Waals surface area contributed by atoms with Crippen molar-refractivity contribution < 1.29 is 0 Å². The average molecular weight is 260 g/mol. The zero-order valence-electron chi connectivity index (χ0n) is 12.8. The Labute approximate surface area is 118 Å². The van der Waals surface area contributed by atoms with Gasteiger partial charge in [-0.05, 0) is 50.3 Å². The average Bonchev–Trinajstić information content (AvgIpc) is 2.71. The lowest BCUT2D eigenvalue weighted by Crippen LogP contribution is -2.43. The quantitative estimate of drug-likeness (QED) is 0.894. The third-order valence-corrected chi connectivity index (χ3v) is 4.55. The maximum absolute atomic E-state index is 6.06. The predicted molar refractivity (Wildman–Crippen MR) is 82.3 cm³/mol. The minimum atomic E-state index is 0.279. The lowest BCUT2D eigenvalue weighted by atomic mass is 9.95. The van der Waals surface area contributed by atoms with Crippen molar-refractivity contribution in [3.8, 4) is 0 Å². The summed E-state index contributed by atoms with van der Waals surface area (Å²) in [6.45, 7) is 11.0. The number of hydrogen-bond acceptors (Lipinski definition) is 2. The van der Waals surface area contributed by atoms with Crippen molar-refractivity contribution in [2.24, 2.45) is 5.73 Å². The molecule has 0 saturated carbocycles. The van der Waals surface area contributed by atoms with Crippen LogP contribution in [0.25, 0.3) is 0 Å². The number of benzene rings is 1. The van der Waals surface area contributed by atoms with Gasteiger partial charge in [-0.2, -0.15) is 0 Å². The minimum absolute atomic E-state index is 0.279. The number of hydrogen-bond donors (Lipinski definition) is 1. The monoisotopic (exact) mass is 260 g/mol. The van der Waals surface area contributed by atoms with Crippen LogP contribution in [-0.4, -0.2) is 23.5 Å². The summed E-state index contributed by atoms with van der Waals surface area (Å²) < 4.78 is 0. The first-order valence-electron chi connectivity index (χ1n) is 7.52. The summed E-state index contributed by atoms with van der Waals surface area (Å²) in [5.74, 6) is 0.591. The van der Waals surface area contributed by atoms with Gasteiger partial charge in [-0.1, -0.05) is 38.1 Å². The highest BCUT2D eigenvalue weighted by Crippen LogP contribution is 2.36. The Bertz CT molecular complexity index is 406. The molecule has 19 heavy (non-hydrogen) atoms. The van der Waals surface area contributed by atoms with Crippen LogP contribution < -0.4 is 5.73 Å². The predicted octanol–water partition coefficient (Wildman–Crippen LogP) is 3.68. The van der Waals surface area contributed by atoms with Gasteiger partial charge >= 0.3 is 0 Å². The largest absolute Gasteiger partial charge is 0.329 e. The standard InChI is InChI=1S/C17H28N2/c1-13(2)14-6-8-15(9-7-14)16(12-18)19-11-5-10-17(19,3)4/h6-9,13,16H,5,10-12,18H2,1-4H3. The lowest BCUT2D eigenvalue weighted by molar-refractivity contribution is 0.119. The summed E-state index contributed by atoms with van der Waals surface area (Å²) in [7, 11) is 0. The zero-order valence-corrected chi connectivity index (χ0v) is 12.8. The van der Waals surface area contributed by atoms with Gasteiger partial charge in [0.05, 0.1) is 0 Å². The second-order valence-corrected chi connectivity index (χ2v) is 6.68. The third-order valence-electron chi connectivity index (χ3n) is 4.55. The molecular formula is C17H28N2. The summed E-state index contributed by atoms with van der Waals surface area (Å²) in [6.07, 6.45) is 2.56. The highest BCUT2D eigenvalue weighted by Gasteiger charge is 2.36. The minimum Gasteiger partial charge on any atom is -0.329 e. The van der Waals surface area contributed by atoms with E-state index in [1.165, 1.54) is 30.5 Å². The van der Waals surface area contributed by atoms with Crippen LogP contribution in [0.15, 0.2) is 24.3 Å². The second-order valence-electron chi connectivity index (χ2n) is 6.68. The number of rotatable bonds is 4. The Morgan fingerprint density at radius 3 is 2.16 bits per heavy atom. The second kappa shape index (κ2) is 5.64. The van der Waals surface area contributed by atoms with Crippen LogP contribution in [0.5, 0.6) is 0 Å². The van der Waals surface area contributed by atoms with Crippen molar-refractivity contribution >= 4 is 0 Å². The lowest BCUT2D eigenvalue weighted by Gasteiger charge is -2.38. The van der Waals surface area contributed by atoms with Crippen LogP contribution in [0.4, 0.5) is 0 Å². The van der Waals surface area contributed by atoms with Crippen molar-refractivity contribution in [2.45, 2.75) is 58.0 Å². The molecule has 1 fully saturated rings. The van der Waals surface area contributed by atoms with E-state index < -0.39 is 0 Å².